The average Bonchev–Trinajstić information content (AvgIpc) is 3.27. The topological polar surface area (TPSA) is 55.5 Å². The third-order valence-electron chi connectivity index (χ3n) is 6.49. The van der Waals surface area contributed by atoms with Crippen molar-refractivity contribution in [2.75, 3.05) is 6.54 Å². The Hall–Kier alpha value is -3.34. The number of hydrogen-bond acceptors (Lipinski definition) is 3. The number of carbonyl (C=O) groups excluding carboxylic acids is 2. The van der Waals surface area contributed by atoms with Gasteiger partial charge in [0.2, 0.25) is 5.91 Å². The molecule has 29 heavy (non-hydrogen) atoms. The molecule has 5 nitrogen and oxygen atoms in total. The summed E-state index contributed by atoms with van der Waals surface area (Å²) in [4.78, 5) is 28.2. The van der Waals surface area contributed by atoms with Crippen LogP contribution < -0.4 is 0 Å². The van der Waals surface area contributed by atoms with Crippen molar-refractivity contribution in [3.05, 3.63) is 71.1 Å². The van der Waals surface area contributed by atoms with Crippen molar-refractivity contribution in [3.63, 3.8) is 0 Å². The number of benzene rings is 2. The molecule has 0 fully saturated rings. The van der Waals surface area contributed by atoms with Gasteiger partial charge in [0.1, 0.15) is 5.58 Å². The summed E-state index contributed by atoms with van der Waals surface area (Å²) in [5.74, 6) is 0.447. The van der Waals surface area contributed by atoms with Crippen LogP contribution in [0.3, 0.4) is 0 Å². The predicted octanol–water partition coefficient (Wildman–Crippen LogP) is 4.87. The molecule has 0 radical (unpaired) electrons. The Kier molecular flexibility index (Phi) is 3.34. The second-order valence-electron chi connectivity index (χ2n) is 7.97. The first-order valence-corrected chi connectivity index (χ1v) is 10.1. The number of furan rings is 1. The van der Waals surface area contributed by atoms with Crippen LogP contribution in [-0.4, -0.2) is 27.8 Å². The molecular weight excluding hydrogens is 364 g/mol. The first kappa shape index (κ1) is 16.6. The Labute approximate surface area is 167 Å². The van der Waals surface area contributed by atoms with Gasteiger partial charge in [0.25, 0.3) is 5.91 Å². The fraction of sp³-hybridized carbons (Fsp3) is 0.250. The number of para-hydroxylation sites is 2. The summed E-state index contributed by atoms with van der Waals surface area (Å²) in [6.07, 6.45) is 1.85. The lowest BCUT2D eigenvalue weighted by Gasteiger charge is -2.38. The summed E-state index contributed by atoms with van der Waals surface area (Å²) in [5.41, 5.74) is 4.78. The lowest BCUT2D eigenvalue weighted by Crippen LogP contribution is -2.43. The fourth-order valence-corrected chi connectivity index (χ4v) is 5.16. The standard InChI is InChI=1S/C24H20N2O3/c1-14-15-6-3-5-9-20(15)29-23(14)24(28)25-13-12-17-16-7-2-4-8-18(16)26-21(27)11-10-19(25)22(17)26/h2-9,19H,10-13H2,1H3. The van der Waals surface area contributed by atoms with Gasteiger partial charge in [0.15, 0.2) is 5.76 Å². The number of amides is 1. The van der Waals surface area contributed by atoms with Gasteiger partial charge >= 0.3 is 0 Å². The monoisotopic (exact) mass is 384 g/mol. The van der Waals surface area contributed by atoms with Crippen molar-refractivity contribution in [2.45, 2.75) is 32.2 Å². The molecule has 6 rings (SSSR count). The first-order valence-electron chi connectivity index (χ1n) is 10.1. The minimum atomic E-state index is -0.0936. The van der Waals surface area contributed by atoms with Crippen LogP contribution in [-0.2, 0) is 6.42 Å². The maximum absolute atomic E-state index is 13.5. The molecular formula is C24H20N2O3. The zero-order valence-electron chi connectivity index (χ0n) is 16.1. The van der Waals surface area contributed by atoms with Crippen LogP contribution in [0.25, 0.3) is 21.9 Å². The second kappa shape index (κ2) is 5.83. The molecule has 2 aromatic carbocycles. The molecule has 0 N–H and O–H groups in total. The molecule has 0 saturated heterocycles. The normalized spacial score (nSPS) is 18.4. The van der Waals surface area contributed by atoms with Crippen LogP contribution >= 0.6 is 0 Å². The Bertz CT molecular complexity index is 1330. The highest BCUT2D eigenvalue weighted by atomic mass is 16.3. The maximum atomic E-state index is 13.5. The number of fused-ring (bicyclic) bond motifs is 4. The number of nitrogens with zero attached hydrogens (tertiary/aromatic N) is 2. The number of hydrogen-bond donors (Lipinski definition) is 0. The minimum absolute atomic E-state index is 0.0829. The number of aryl methyl sites for hydroxylation is 1. The van der Waals surface area contributed by atoms with E-state index in [0.29, 0.717) is 25.1 Å². The van der Waals surface area contributed by atoms with Gasteiger partial charge in [-0.1, -0.05) is 36.4 Å². The Morgan fingerprint density at radius 2 is 1.79 bits per heavy atom. The zero-order valence-corrected chi connectivity index (χ0v) is 16.1. The number of aromatic nitrogens is 1. The molecule has 144 valence electrons. The lowest BCUT2D eigenvalue weighted by atomic mass is 9.92. The summed E-state index contributed by atoms with van der Waals surface area (Å²) in [6.45, 7) is 2.57. The molecule has 1 amide bonds. The third-order valence-corrected chi connectivity index (χ3v) is 6.49. The first-order chi connectivity index (χ1) is 14.1. The van der Waals surface area contributed by atoms with Crippen LogP contribution in [0.5, 0.6) is 0 Å². The van der Waals surface area contributed by atoms with E-state index in [2.05, 4.69) is 6.07 Å². The van der Waals surface area contributed by atoms with E-state index in [4.69, 9.17) is 4.42 Å². The highest BCUT2D eigenvalue weighted by Gasteiger charge is 2.40. The molecule has 0 bridgehead atoms. The Morgan fingerprint density at radius 1 is 1.03 bits per heavy atom. The van der Waals surface area contributed by atoms with Crippen molar-refractivity contribution < 1.29 is 14.0 Å². The van der Waals surface area contributed by atoms with Crippen LogP contribution in [0, 0.1) is 6.92 Å². The van der Waals surface area contributed by atoms with Gasteiger partial charge in [-0.2, -0.15) is 0 Å². The summed E-state index contributed by atoms with van der Waals surface area (Å²) < 4.78 is 7.81. The van der Waals surface area contributed by atoms with E-state index in [1.807, 2.05) is 58.9 Å². The molecule has 2 aliphatic rings. The van der Waals surface area contributed by atoms with Gasteiger partial charge in [-0.25, -0.2) is 0 Å². The van der Waals surface area contributed by atoms with E-state index in [1.165, 1.54) is 5.56 Å². The van der Waals surface area contributed by atoms with Crippen LogP contribution in [0.4, 0.5) is 0 Å². The van der Waals surface area contributed by atoms with E-state index in [1.54, 1.807) is 0 Å². The number of carbonyl (C=O) groups is 2. The van der Waals surface area contributed by atoms with E-state index < -0.39 is 0 Å². The minimum Gasteiger partial charge on any atom is -0.451 e. The molecule has 1 atom stereocenters. The molecule has 0 aliphatic carbocycles. The molecule has 4 heterocycles. The van der Waals surface area contributed by atoms with Crippen LogP contribution in [0.15, 0.2) is 52.9 Å². The molecule has 5 heteroatoms. The molecule has 2 aliphatic heterocycles. The van der Waals surface area contributed by atoms with E-state index >= 15 is 0 Å². The highest BCUT2D eigenvalue weighted by molar-refractivity contribution is 6.01. The molecule has 1 unspecified atom stereocenters. The quantitative estimate of drug-likeness (QED) is 0.470. The van der Waals surface area contributed by atoms with Gasteiger partial charge in [0, 0.05) is 29.3 Å². The summed E-state index contributed by atoms with van der Waals surface area (Å²) in [7, 11) is 0. The van der Waals surface area contributed by atoms with Crippen molar-refractivity contribution in [2.24, 2.45) is 0 Å². The van der Waals surface area contributed by atoms with E-state index in [-0.39, 0.29) is 17.9 Å². The van der Waals surface area contributed by atoms with Gasteiger partial charge in [-0.05, 0) is 37.5 Å². The summed E-state index contributed by atoms with van der Waals surface area (Å²) in [6, 6.07) is 15.7. The molecule has 0 spiro atoms. The highest BCUT2D eigenvalue weighted by Crippen LogP contribution is 2.43. The zero-order chi connectivity index (χ0) is 19.7. The Balaban J connectivity index is 1.50. The molecule has 0 saturated carbocycles. The van der Waals surface area contributed by atoms with E-state index in [9.17, 15) is 9.59 Å². The van der Waals surface area contributed by atoms with Gasteiger partial charge in [-0.3, -0.25) is 14.2 Å². The van der Waals surface area contributed by atoms with Crippen molar-refractivity contribution in [1.82, 2.24) is 9.47 Å². The molecule has 2 aromatic heterocycles. The van der Waals surface area contributed by atoms with Crippen LogP contribution in [0.2, 0.25) is 0 Å². The van der Waals surface area contributed by atoms with Gasteiger partial charge in [0.05, 0.1) is 17.3 Å². The van der Waals surface area contributed by atoms with E-state index in [0.717, 1.165) is 39.6 Å². The average molecular weight is 384 g/mol. The third kappa shape index (κ3) is 2.15. The van der Waals surface area contributed by atoms with Crippen molar-refractivity contribution >= 4 is 33.7 Å². The van der Waals surface area contributed by atoms with Crippen LogP contribution in [0.1, 0.15) is 51.1 Å². The summed E-state index contributed by atoms with van der Waals surface area (Å²) in [5, 5.41) is 2.11. The number of rotatable bonds is 1. The fourth-order valence-electron chi connectivity index (χ4n) is 5.16. The second-order valence-corrected chi connectivity index (χ2v) is 7.97. The Morgan fingerprint density at radius 3 is 2.62 bits per heavy atom. The van der Waals surface area contributed by atoms with Gasteiger partial charge < -0.3 is 9.32 Å². The summed E-state index contributed by atoms with van der Waals surface area (Å²) >= 11 is 0. The predicted molar refractivity (Wildman–Crippen MR) is 110 cm³/mol. The SMILES string of the molecule is Cc1c(C(=O)N2CCc3c4n(c5ccccc35)C(=O)CCC42)oc2ccccc12. The van der Waals surface area contributed by atoms with Gasteiger partial charge in [-0.15, -0.1) is 0 Å². The van der Waals surface area contributed by atoms with Crippen molar-refractivity contribution in [3.8, 4) is 0 Å². The largest absolute Gasteiger partial charge is 0.451 e. The molecule has 4 aromatic rings. The smallest absolute Gasteiger partial charge is 0.290 e. The lowest BCUT2D eigenvalue weighted by molar-refractivity contribution is 0.0566. The maximum Gasteiger partial charge on any atom is 0.290 e. The van der Waals surface area contributed by atoms with Crippen molar-refractivity contribution in [1.29, 1.82) is 0 Å².